The van der Waals surface area contributed by atoms with Crippen molar-refractivity contribution in [1.29, 1.82) is 0 Å². The topological polar surface area (TPSA) is 93.4 Å². The Morgan fingerprint density at radius 3 is 2.76 bits per heavy atom. The second-order valence-electron chi connectivity index (χ2n) is 4.52. The molecule has 0 saturated carbocycles. The van der Waals surface area contributed by atoms with E-state index in [-0.39, 0.29) is 5.91 Å². The standard InChI is InChI=1S/C14H15N3O4/c1-9-5-11(21-8-13(18)19)3-4-12(9)16-14(20)10-6-15-17(2)7-10/h3-7H,8H2,1-2H3,(H,16,20)(H,18,19). The van der Waals surface area contributed by atoms with Crippen LogP contribution in [0.4, 0.5) is 5.69 Å². The molecule has 2 N–H and O–H groups in total. The minimum atomic E-state index is -1.04. The van der Waals surface area contributed by atoms with Crippen LogP contribution in [0.15, 0.2) is 30.6 Å². The Labute approximate surface area is 121 Å². The van der Waals surface area contributed by atoms with Crippen LogP contribution in [0.25, 0.3) is 0 Å². The molecule has 0 aliphatic heterocycles. The lowest BCUT2D eigenvalue weighted by molar-refractivity contribution is -0.139. The number of carbonyl (C=O) groups excluding carboxylic acids is 1. The molecule has 2 aromatic rings. The molecule has 1 amide bonds. The normalized spacial score (nSPS) is 10.2. The van der Waals surface area contributed by atoms with Crippen LogP contribution in [-0.4, -0.2) is 33.4 Å². The number of hydrogen-bond acceptors (Lipinski definition) is 4. The van der Waals surface area contributed by atoms with E-state index in [9.17, 15) is 9.59 Å². The molecule has 0 spiro atoms. The zero-order valence-corrected chi connectivity index (χ0v) is 11.7. The van der Waals surface area contributed by atoms with Crippen LogP contribution in [0.3, 0.4) is 0 Å². The lowest BCUT2D eigenvalue weighted by atomic mass is 10.2. The van der Waals surface area contributed by atoms with Gasteiger partial charge in [0.1, 0.15) is 5.75 Å². The molecule has 0 bridgehead atoms. The van der Waals surface area contributed by atoms with Gasteiger partial charge in [-0.2, -0.15) is 5.10 Å². The van der Waals surface area contributed by atoms with Gasteiger partial charge in [-0.25, -0.2) is 4.79 Å². The van der Waals surface area contributed by atoms with Crippen molar-refractivity contribution in [2.45, 2.75) is 6.92 Å². The predicted octanol–water partition coefficient (Wildman–Crippen LogP) is 1.44. The fourth-order valence-electron chi connectivity index (χ4n) is 1.74. The number of carbonyl (C=O) groups is 2. The van der Waals surface area contributed by atoms with Gasteiger partial charge in [0.25, 0.3) is 5.91 Å². The van der Waals surface area contributed by atoms with Gasteiger partial charge in [-0.15, -0.1) is 0 Å². The van der Waals surface area contributed by atoms with Crippen molar-refractivity contribution < 1.29 is 19.4 Å². The monoisotopic (exact) mass is 289 g/mol. The molecule has 0 saturated heterocycles. The first-order chi connectivity index (χ1) is 9.95. The molecule has 110 valence electrons. The molecule has 0 radical (unpaired) electrons. The van der Waals surface area contributed by atoms with Gasteiger partial charge in [0, 0.05) is 18.9 Å². The number of aromatic nitrogens is 2. The van der Waals surface area contributed by atoms with Crippen LogP contribution in [0.2, 0.25) is 0 Å². The number of aryl methyl sites for hydroxylation is 2. The highest BCUT2D eigenvalue weighted by Crippen LogP contribution is 2.22. The Bertz CT molecular complexity index is 679. The molecular formula is C14H15N3O4. The van der Waals surface area contributed by atoms with Crippen molar-refractivity contribution in [3.63, 3.8) is 0 Å². The van der Waals surface area contributed by atoms with Crippen LogP contribution in [0, 0.1) is 6.92 Å². The van der Waals surface area contributed by atoms with Crippen molar-refractivity contribution in [1.82, 2.24) is 9.78 Å². The predicted molar refractivity (Wildman–Crippen MR) is 75.5 cm³/mol. The summed E-state index contributed by atoms with van der Waals surface area (Å²) in [5.41, 5.74) is 1.87. The number of aliphatic carboxylic acids is 1. The second kappa shape index (κ2) is 6.08. The zero-order chi connectivity index (χ0) is 15.4. The largest absolute Gasteiger partial charge is 0.482 e. The quantitative estimate of drug-likeness (QED) is 0.868. The SMILES string of the molecule is Cc1cc(OCC(=O)O)ccc1NC(=O)c1cnn(C)c1. The molecule has 1 heterocycles. The van der Waals surface area contributed by atoms with Gasteiger partial charge < -0.3 is 15.2 Å². The first-order valence-corrected chi connectivity index (χ1v) is 6.21. The van der Waals surface area contributed by atoms with E-state index < -0.39 is 12.6 Å². The molecule has 21 heavy (non-hydrogen) atoms. The number of amides is 1. The maximum atomic E-state index is 12.0. The molecule has 7 nitrogen and oxygen atoms in total. The van der Waals surface area contributed by atoms with Crippen molar-refractivity contribution in [3.8, 4) is 5.75 Å². The fraction of sp³-hybridized carbons (Fsp3) is 0.214. The maximum Gasteiger partial charge on any atom is 0.341 e. The minimum absolute atomic E-state index is 0.259. The number of nitrogens with zero attached hydrogens (tertiary/aromatic N) is 2. The second-order valence-corrected chi connectivity index (χ2v) is 4.52. The highest BCUT2D eigenvalue weighted by Gasteiger charge is 2.10. The van der Waals surface area contributed by atoms with Gasteiger partial charge in [-0.3, -0.25) is 9.48 Å². The molecule has 1 aromatic carbocycles. The Hall–Kier alpha value is -2.83. The zero-order valence-electron chi connectivity index (χ0n) is 11.7. The number of benzene rings is 1. The molecule has 1 aromatic heterocycles. The van der Waals surface area contributed by atoms with E-state index >= 15 is 0 Å². The molecule has 0 aliphatic carbocycles. The van der Waals surface area contributed by atoms with Crippen molar-refractivity contribution in [2.75, 3.05) is 11.9 Å². The summed E-state index contributed by atoms with van der Waals surface area (Å²) in [4.78, 5) is 22.4. The molecule has 0 atom stereocenters. The summed E-state index contributed by atoms with van der Waals surface area (Å²) in [7, 11) is 1.73. The molecule has 0 aliphatic rings. The van der Waals surface area contributed by atoms with E-state index in [1.54, 1.807) is 43.0 Å². The van der Waals surface area contributed by atoms with Crippen molar-refractivity contribution in [2.24, 2.45) is 7.05 Å². The Balaban J connectivity index is 2.07. The van der Waals surface area contributed by atoms with Gasteiger partial charge in [-0.1, -0.05) is 0 Å². The van der Waals surface area contributed by atoms with Crippen LogP contribution in [0.5, 0.6) is 5.75 Å². The van der Waals surface area contributed by atoms with Crippen LogP contribution < -0.4 is 10.1 Å². The Kier molecular flexibility index (Phi) is 4.22. The number of ether oxygens (including phenoxy) is 1. The van der Waals surface area contributed by atoms with E-state index in [0.717, 1.165) is 5.56 Å². The molecule has 2 rings (SSSR count). The number of rotatable bonds is 5. The smallest absolute Gasteiger partial charge is 0.341 e. The maximum absolute atomic E-state index is 12.0. The Morgan fingerprint density at radius 2 is 2.19 bits per heavy atom. The molecule has 0 fully saturated rings. The molecular weight excluding hydrogens is 274 g/mol. The van der Waals surface area contributed by atoms with Gasteiger partial charge in [0.15, 0.2) is 6.61 Å². The average molecular weight is 289 g/mol. The number of hydrogen-bond donors (Lipinski definition) is 2. The van der Waals surface area contributed by atoms with Gasteiger partial charge in [0.2, 0.25) is 0 Å². The van der Waals surface area contributed by atoms with Crippen LogP contribution in [0.1, 0.15) is 15.9 Å². The third kappa shape index (κ3) is 3.82. The summed E-state index contributed by atoms with van der Waals surface area (Å²) >= 11 is 0. The van der Waals surface area contributed by atoms with E-state index in [1.807, 2.05) is 0 Å². The molecule has 0 unspecified atom stereocenters. The summed E-state index contributed by atoms with van der Waals surface area (Å²) in [5.74, 6) is -0.860. The van der Waals surface area contributed by atoms with Gasteiger partial charge in [0.05, 0.1) is 11.8 Å². The summed E-state index contributed by atoms with van der Waals surface area (Å²) in [6, 6.07) is 4.94. The van der Waals surface area contributed by atoms with E-state index in [1.165, 1.54) is 6.20 Å². The van der Waals surface area contributed by atoms with Gasteiger partial charge in [-0.05, 0) is 30.7 Å². The highest BCUT2D eigenvalue weighted by atomic mass is 16.5. The lowest BCUT2D eigenvalue weighted by Gasteiger charge is -2.10. The Morgan fingerprint density at radius 1 is 1.43 bits per heavy atom. The van der Waals surface area contributed by atoms with Crippen LogP contribution in [-0.2, 0) is 11.8 Å². The van der Waals surface area contributed by atoms with E-state index in [4.69, 9.17) is 9.84 Å². The third-order valence-corrected chi connectivity index (χ3v) is 2.78. The lowest BCUT2D eigenvalue weighted by Crippen LogP contribution is -2.12. The van der Waals surface area contributed by atoms with E-state index in [2.05, 4.69) is 10.4 Å². The fourth-order valence-corrected chi connectivity index (χ4v) is 1.74. The van der Waals surface area contributed by atoms with Crippen LogP contribution >= 0.6 is 0 Å². The first kappa shape index (κ1) is 14.6. The summed E-state index contributed by atoms with van der Waals surface area (Å²) < 4.78 is 6.62. The van der Waals surface area contributed by atoms with Crippen molar-refractivity contribution in [3.05, 3.63) is 41.7 Å². The number of carboxylic acids is 1. The van der Waals surface area contributed by atoms with Crippen molar-refractivity contribution >= 4 is 17.6 Å². The van der Waals surface area contributed by atoms with E-state index in [0.29, 0.717) is 17.0 Å². The number of nitrogens with one attached hydrogen (secondary N) is 1. The first-order valence-electron chi connectivity index (χ1n) is 6.21. The average Bonchev–Trinajstić information content (AvgIpc) is 2.86. The summed E-state index contributed by atoms with van der Waals surface area (Å²) in [6.45, 7) is 1.40. The third-order valence-electron chi connectivity index (χ3n) is 2.78. The number of anilines is 1. The highest BCUT2D eigenvalue weighted by molar-refractivity contribution is 6.04. The van der Waals surface area contributed by atoms with Gasteiger partial charge >= 0.3 is 5.97 Å². The summed E-state index contributed by atoms with van der Waals surface area (Å²) in [5, 5.41) is 15.3. The minimum Gasteiger partial charge on any atom is -0.482 e. The summed E-state index contributed by atoms with van der Waals surface area (Å²) in [6.07, 6.45) is 3.10. The molecule has 7 heteroatoms. The number of carboxylic acid groups (broad SMARTS) is 1.